The van der Waals surface area contributed by atoms with E-state index in [0.717, 1.165) is 11.1 Å². The second kappa shape index (κ2) is 8.82. The van der Waals surface area contributed by atoms with Gasteiger partial charge in [-0.2, -0.15) is 4.99 Å². The maximum Gasteiger partial charge on any atom is 0.340 e. The lowest BCUT2D eigenvalue weighted by molar-refractivity contribution is -0.116. The molecule has 8 nitrogen and oxygen atoms in total. The maximum atomic E-state index is 11.0. The fourth-order valence-corrected chi connectivity index (χ4v) is 2.09. The Labute approximate surface area is 145 Å². The average Bonchev–Trinajstić information content (AvgIpc) is 2.34. The lowest BCUT2D eigenvalue weighted by Crippen LogP contribution is -2.34. The van der Waals surface area contributed by atoms with E-state index < -0.39 is 6.03 Å². The first-order valence-corrected chi connectivity index (χ1v) is 7.48. The average molecular weight is 349 g/mol. The van der Waals surface area contributed by atoms with Crippen LogP contribution in [0.4, 0.5) is 4.79 Å². The molecule has 4 amide bonds. The third-order valence-electron chi connectivity index (χ3n) is 2.72. The molecular formula is C15H19N5O3S. The third-order valence-corrected chi connectivity index (χ3v) is 2.81. The van der Waals surface area contributed by atoms with Crippen LogP contribution in [0.5, 0.6) is 0 Å². The van der Waals surface area contributed by atoms with Crippen LogP contribution in [0.1, 0.15) is 33.6 Å². The van der Waals surface area contributed by atoms with E-state index in [1.165, 1.54) is 6.08 Å². The Kier molecular flexibility index (Phi) is 7.12. The molecule has 0 atom stereocenters. The van der Waals surface area contributed by atoms with Gasteiger partial charge in [-0.15, -0.1) is 0 Å². The van der Waals surface area contributed by atoms with E-state index in [2.05, 4.69) is 20.6 Å². The lowest BCUT2D eigenvalue weighted by atomic mass is 10.1. The minimum atomic E-state index is -0.792. The lowest BCUT2D eigenvalue weighted by Gasteiger charge is -2.12. The number of amides is 4. The normalized spacial score (nSPS) is 20.3. The van der Waals surface area contributed by atoms with Gasteiger partial charge in [-0.3, -0.25) is 9.59 Å². The van der Waals surface area contributed by atoms with Crippen LogP contribution >= 0.6 is 12.2 Å². The molecule has 2 aliphatic heterocycles. The molecule has 0 radical (unpaired) electrons. The van der Waals surface area contributed by atoms with E-state index in [1.54, 1.807) is 19.9 Å². The van der Waals surface area contributed by atoms with Crippen molar-refractivity contribution in [3.8, 4) is 0 Å². The van der Waals surface area contributed by atoms with E-state index in [0.29, 0.717) is 29.5 Å². The third kappa shape index (κ3) is 7.54. The number of nitrogens with zero attached hydrogens (tertiary/aromatic N) is 2. The van der Waals surface area contributed by atoms with E-state index in [4.69, 9.17) is 18.0 Å². The summed E-state index contributed by atoms with van der Waals surface area (Å²) in [6.45, 7) is 5.41. The first-order valence-electron chi connectivity index (χ1n) is 7.07. The van der Waals surface area contributed by atoms with Crippen LogP contribution < -0.4 is 16.4 Å². The van der Waals surface area contributed by atoms with Gasteiger partial charge in [0.1, 0.15) is 16.7 Å². The van der Waals surface area contributed by atoms with Crippen molar-refractivity contribution in [1.82, 2.24) is 10.6 Å². The van der Waals surface area contributed by atoms with Crippen LogP contribution in [0, 0.1) is 0 Å². The summed E-state index contributed by atoms with van der Waals surface area (Å²) in [5.41, 5.74) is 6.69. The number of hydrogen-bond acceptors (Lipinski definition) is 4. The van der Waals surface area contributed by atoms with Gasteiger partial charge in [-0.1, -0.05) is 23.4 Å². The zero-order valence-corrected chi connectivity index (χ0v) is 14.5. The van der Waals surface area contributed by atoms with Gasteiger partial charge in [0.05, 0.1) is 0 Å². The highest BCUT2D eigenvalue weighted by molar-refractivity contribution is 7.80. The number of carbonyl (C=O) groups is 3. The highest BCUT2D eigenvalue weighted by Crippen LogP contribution is 2.06. The van der Waals surface area contributed by atoms with Gasteiger partial charge in [0, 0.05) is 25.0 Å². The number of amidine groups is 2. The Hall–Kier alpha value is -2.68. The molecule has 0 aromatic carbocycles. The minimum Gasteiger partial charge on any atom is -0.350 e. The molecule has 2 aliphatic rings. The van der Waals surface area contributed by atoms with Gasteiger partial charge >= 0.3 is 6.03 Å². The van der Waals surface area contributed by atoms with Crippen molar-refractivity contribution < 1.29 is 14.4 Å². The summed E-state index contributed by atoms with van der Waals surface area (Å²) >= 11 is 4.80. The van der Waals surface area contributed by atoms with Crippen LogP contribution in [-0.4, -0.2) is 34.5 Å². The van der Waals surface area contributed by atoms with Crippen molar-refractivity contribution in [2.45, 2.75) is 33.6 Å². The highest BCUT2D eigenvalue weighted by atomic mass is 32.1. The number of carbonyl (C=O) groups excluding carboxylic acids is 3. The number of rotatable bonds is 0. The van der Waals surface area contributed by atoms with Crippen LogP contribution in [-0.2, 0) is 9.59 Å². The summed E-state index contributed by atoms with van der Waals surface area (Å²) in [5, 5.41) is 5.04. The summed E-state index contributed by atoms with van der Waals surface area (Å²) < 4.78 is 0. The fourth-order valence-electron chi connectivity index (χ4n) is 1.98. The van der Waals surface area contributed by atoms with Crippen molar-refractivity contribution in [3.05, 3.63) is 23.3 Å². The molecule has 0 aromatic heterocycles. The SMILES string of the molecule is CC(=S)N=C1CC(C)=CC(=O)N1.CC1=CC(=O)NC(=NC(N)=O)C1. The van der Waals surface area contributed by atoms with Gasteiger partial charge in [0.2, 0.25) is 11.8 Å². The maximum absolute atomic E-state index is 11.0. The van der Waals surface area contributed by atoms with E-state index >= 15 is 0 Å². The second-order valence-electron chi connectivity index (χ2n) is 5.29. The van der Waals surface area contributed by atoms with Crippen molar-refractivity contribution in [1.29, 1.82) is 0 Å². The van der Waals surface area contributed by atoms with Gasteiger partial charge in [-0.05, 0) is 20.8 Å². The number of primary amides is 1. The molecule has 0 aliphatic carbocycles. The molecule has 128 valence electrons. The van der Waals surface area contributed by atoms with Crippen LogP contribution in [0.25, 0.3) is 0 Å². The van der Waals surface area contributed by atoms with Crippen molar-refractivity contribution in [2.75, 3.05) is 0 Å². The number of aliphatic imine (C=N–C) groups is 2. The molecule has 0 unspecified atom stereocenters. The molecular weight excluding hydrogens is 330 g/mol. The van der Waals surface area contributed by atoms with E-state index in [-0.39, 0.29) is 11.8 Å². The number of nitrogens with two attached hydrogens (primary N) is 1. The van der Waals surface area contributed by atoms with Crippen LogP contribution in [0.3, 0.4) is 0 Å². The first-order chi connectivity index (χ1) is 11.2. The molecule has 9 heteroatoms. The highest BCUT2D eigenvalue weighted by Gasteiger charge is 2.12. The first kappa shape index (κ1) is 19.4. The van der Waals surface area contributed by atoms with E-state index in [1.807, 2.05) is 6.92 Å². The molecule has 0 spiro atoms. The van der Waals surface area contributed by atoms with Gasteiger partial charge < -0.3 is 16.4 Å². The standard InChI is InChI=1S/C8H10N2OS.C7H9N3O2/c1-5-3-7(9-6(2)12)10-8(11)4-5;1-4-2-5(10-7(8)12)9-6(11)3-4/h4H,3H2,1-2H3,(H,9,10,11,12);3H,2H2,1H3,(H3,8,9,10,11,12). The minimum absolute atomic E-state index is 0.117. The molecule has 0 fully saturated rings. The molecule has 2 heterocycles. The van der Waals surface area contributed by atoms with Gasteiger partial charge in [-0.25, -0.2) is 9.79 Å². The summed E-state index contributed by atoms with van der Waals surface area (Å²) in [6, 6.07) is -0.792. The fraction of sp³-hybridized carbons (Fsp3) is 0.333. The number of hydrogen-bond donors (Lipinski definition) is 3. The number of urea groups is 1. The Morgan fingerprint density at radius 2 is 1.46 bits per heavy atom. The summed E-state index contributed by atoms with van der Waals surface area (Å²) in [6.07, 6.45) is 4.17. The quantitative estimate of drug-likeness (QED) is 0.567. The smallest absolute Gasteiger partial charge is 0.340 e. The molecule has 0 saturated carbocycles. The number of nitrogens with one attached hydrogen (secondary N) is 2. The largest absolute Gasteiger partial charge is 0.350 e. The predicted molar refractivity (Wildman–Crippen MR) is 95.8 cm³/mol. The zero-order chi connectivity index (χ0) is 18.3. The number of thiocarbonyl (C=S) groups is 1. The summed E-state index contributed by atoms with van der Waals surface area (Å²) in [5.74, 6) is 0.576. The van der Waals surface area contributed by atoms with Crippen molar-refractivity contribution in [3.63, 3.8) is 0 Å². The summed E-state index contributed by atoms with van der Waals surface area (Å²) in [7, 11) is 0. The molecule has 0 bridgehead atoms. The van der Waals surface area contributed by atoms with Crippen molar-refractivity contribution in [2.24, 2.45) is 15.7 Å². The monoisotopic (exact) mass is 349 g/mol. The second-order valence-corrected chi connectivity index (χ2v) is 5.88. The Bertz CT molecular complexity index is 644. The molecule has 0 aromatic rings. The van der Waals surface area contributed by atoms with E-state index in [9.17, 15) is 14.4 Å². The zero-order valence-electron chi connectivity index (χ0n) is 13.7. The Morgan fingerprint density at radius 3 is 1.79 bits per heavy atom. The van der Waals surface area contributed by atoms with Crippen LogP contribution in [0.2, 0.25) is 0 Å². The molecule has 24 heavy (non-hydrogen) atoms. The molecule has 0 saturated heterocycles. The topological polar surface area (TPSA) is 126 Å². The Balaban J connectivity index is 0.000000240. The van der Waals surface area contributed by atoms with Gasteiger partial charge in [0.15, 0.2) is 0 Å². The predicted octanol–water partition coefficient (Wildman–Crippen LogP) is 1.13. The summed E-state index contributed by atoms with van der Waals surface area (Å²) in [4.78, 5) is 40.1. The van der Waals surface area contributed by atoms with Crippen molar-refractivity contribution >= 4 is 46.7 Å². The van der Waals surface area contributed by atoms with Gasteiger partial charge in [0.25, 0.3) is 0 Å². The molecule has 4 N–H and O–H groups in total. The van der Waals surface area contributed by atoms with Crippen LogP contribution in [0.15, 0.2) is 33.3 Å². The molecule has 2 rings (SSSR count). The Morgan fingerprint density at radius 1 is 1.04 bits per heavy atom.